The van der Waals surface area contributed by atoms with Crippen LogP contribution in [0, 0.1) is 0 Å². The van der Waals surface area contributed by atoms with E-state index in [1.807, 2.05) is 48.5 Å². The fraction of sp³-hybridized carbons (Fsp3) is 0.0870. The molecule has 0 aliphatic heterocycles. The summed E-state index contributed by atoms with van der Waals surface area (Å²) in [5, 5.41) is 3.38. The van der Waals surface area contributed by atoms with Crippen LogP contribution in [0.4, 0.5) is 5.13 Å². The van der Waals surface area contributed by atoms with E-state index in [1.54, 1.807) is 0 Å². The number of fused-ring (bicyclic) bond motifs is 2. The molecular formula is C23H17N5O4S. The van der Waals surface area contributed by atoms with Gasteiger partial charge in [0.05, 0.1) is 15.6 Å². The first kappa shape index (κ1) is 20.6. The number of pyridine rings is 1. The minimum absolute atomic E-state index is 0.0677. The number of rotatable bonds is 4. The van der Waals surface area contributed by atoms with E-state index in [1.165, 1.54) is 42.1 Å². The van der Waals surface area contributed by atoms with E-state index >= 15 is 0 Å². The zero-order valence-corrected chi connectivity index (χ0v) is 18.4. The standard InChI is InChI=1S/C23H17N5O4S/c1-27-19-15(21(30)28(2)23(27)31)9-11-17(24-19)20(29)26-22-25-16-10-8-14(12-18(16)33-22)32-13-6-4-3-5-7-13/h3-12H,1-2H3,(H,25,26,29). The summed E-state index contributed by atoms with van der Waals surface area (Å²) in [5.41, 5.74) is -0.0570. The zero-order valence-electron chi connectivity index (χ0n) is 17.6. The summed E-state index contributed by atoms with van der Waals surface area (Å²) in [4.78, 5) is 46.0. The van der Waals surface area contributed by atoms with Gasteiger partial charge in [-0.25, -0.2) is 14.8 Å². The number of aryl methyl sites for hydroxylation is 1. The molecule has 0 saturated heterocycles. The molecule has 9 nitrogen and oxygen atoms in total. The maximum atomic E-state index is 12.8. The van der Waals surface area contributed by atoms with Crippen LogP contribution in [0.15, 0.2) is 70.3 Å². The number of thiazole rings is 1. The molecule has 3 aromatic heterocycles. The molecule has 0 spiro atoms. The zero-order chi connectivity index (χ0) is 23.1. The Kier molecular flexibility index (Phi) is 4.98. The predicted molar refractivity (Wildman–Crippen MR) is 126 cm³/mol. The van der Waals surface area contributed by atoms with Gasteiger partial charge in [-0.05, 0) is 36.4 Å². The molecule has 1 N–H and O–H groups in total. The lowest BCUT2D eigenvalue weighted by Crippen LogP contribution is -2.37. The SMILES string of the molecule is Cn1c(=O)c2ccc(C(=O)Nc3nc4ccc(Oc5ccccc5)cc4s3)nc2n(C)c1=O. The number of aromatic nitrogens is 4. The largest absolute Gasteiger partial charge is 0.457 e. The molecule has 0 aliphatic rings. The summed E-state index contributed by atoms with van der Waals surface area (Å²) in [6, 6.07) is 17.9. The van der Waals surface area contributed by atoms with Crippen LogP contribution in [-0.4, -0.2) is 25.0 Å². The van der Waals surface area contributed by atoms with Gasteiger partial charge >= 0.3 is 5.69 Å². The van der Waals surface area contributed by atoms with Gasteiger partial charge in [-0.15, -0.1) is 0 Å². The molecule has 0 aliphatic carbocycles. The second-order valence-corrected chi connectivity index (χ2v) is 8.32. The highest BCUT2D eigenvalue weighted by molar-refractivity contribution is 7.22. The number of amides is 1. The van der Waals surface area contributed by atoms with Gasteiger partial charge in [-0.1, -0.05) is 29.5 Å². The molecule has 0 atom stereocenters. The van der Waals surface area contributed by atoms with Gasteiger partial charge in [0.2, 0.25) is 0 Å². The first-order valence-electron chi connectivity index (χ1n) is 9.92. The molecule has 0 radical (unpaired) electrons. The van der Waals surface area contributed by atoms with Gasteiger partial charge in [-0.3, -0.25) is 24.0 Å². The fourth-order valence-electron chi connectivity index (χ4n) is 3.39. The van der Waals surface area contributed by atoms with Crippen molar-refractivity contribution in [2.75, 3.05) is 5.32 Å². The first-order valence-corrected chi connectivity index (χ1v) is 10.7. The highest BCUT2D eigenvalue weighted by atomic mass is 32.1. The Bertz CT molecular complexity index is 1650. The second kappa shape index (κ2) is 7.99. The summed E-state index contributed by atoms with van der Waals surface area (Å²) in [6.45, 7) is 0. The van der Waals surface area contributed by atoms with E-state index in [0.29, 0.717) is 16.4 Å². The molecule has 0 fully saturated rings. The minimum atomic E-state index is -0.516. The predicted octanol–water partition coefficient (Wildman–Crippen LogP) is 3.29. The van der Waals surface area contributed by atoms with Crippen LogP contribution in [0.25, 0.3) is 21.3 Å². The lowest BCUT2D eigenvalue weighted by Gasteiger charge is -2.08. The molecule has 0 saturated carbocycles. The topological polar surface area (TPSA) is 108 Å². The molecule has 33 heavy (non-hydrogen) atoms. The summed E-state index contributed by atoms with van der Waals surface area (Å²) in [7, 11) is 2.90. The summed E-state index contributed by atoms with van der Waals surface area (Å²) < 4.78 is 8.93. The van der Waals surface area contributed by atoms with Crippen LogP contribution in [-0.2, 0) is 14.1 Å². The summed E-state index contributed by atoms with van der Waals surface area (Å²) in [6.07, 6.45) is 0. The van der Waals surface area contributed by atoms with Crippen molar-refractivity contribution in [1.29, 1.82) is 0 Å². The number of hydrogen-bond donors (Lipinski definition) is 1. The number of nitrogens with one attached hydrogen (secondary N) is 1. The van der Waals surface area contributed by atoms with Crippen LogP contribution in [0.3, 0.4) is 0 Å². The Balaban J connectivity index is 1.42. The van der Waals surface area contributed by atoms with Crippen LogP contribution >= 0.6 is 11.3 Å². The van der Waals surface area contributed by atoms with Crippen molar-refractivity contribution in [2.45, 2.75) is 0 Å². The smallest absolute Gasteiger partial charge is 0.332 e. The van der Waals surface area contributed by atoms with Gasteiger partial charge in [0.15, 0.2) is 5.13 Å². The van der Waals surface area contributed by atoms with Crippen molar-refractivity contribution in [3.63, 3.8) is 0 Å². The number of anilines is 1. The quantitative estimate of drug-likeness (QED) is 0.442. The third-order valence-electron chi connectivity index (χ3n) is 5.09. The molecule has 164 valence electrons. The second-order valence-electron chi connectivity index (χ2n) is 7.29. The van der Waals surface area contributed by atoms with Crippen molar-refractivity contribution >= 4 is 43.6 Å². The number of carbonyl (C=O) groups excluding carboxylic acids is 1. The van der Waals surface area contributed by atoms with E-state index in [2.05, 4.69) is 15.3 Å². The Morgan fingerprint density at radius 1 is 0.939 bits per heavy atom. The number of hydrogen-bond acceptors (Lipinski definition) is 7. The molecule has 5 rings (SSSR count). The number of para-hydroxylation sites is 1. The Morgan fingerprint density at radius 2 is 1.73 bits per heavy atom. The molecule has 10 heteroatoms. The molecule has 5 aromatic rings. The van der Waals surface area contributed by atoms with Crippen molar-refractivity contribution in [1.82, 2.24) is 19.1 Å². The van der Waals surface area contributed by atoms with Gasteiger partial charge < -0.3 is 4.74 Å². The van der Waals surface area contributed by atoms with Gasteiger partial charge in [0.25, 0.3) is 11.5 Å². The molecule has 1 amide bonds. The van der Waals surface area contributed by atoms with Crippen LogP contribution in [0.1, 0.15) is 10.5 Å². The van der Waals surface area contributed by atoms with Gasteiger partial charge in [0.1, 0.15) is 22.8 Å². The molecule has 0 bridgehead atoms. The van der Waals surface area contributed by atoms with E-state index in [0.717, 1.165) is 15.0 Å². The van der Waals surface area contributed by atoms with Crippen molar-refractivity contribution < 1.29 is 9.53 Å². The highest BCUT2D eigenvalue weighted by Crippen LogP contribution is 2.31. The molecule has 3 heterocycles. The van der Waals surface area contributed by atoms with Gasteiger partial charge in [-0.2, -0.15) is 0 Å². The average Bonchev–Trinajstić information content (AvgIpc) is 3.23. The van der Waals surface area contributed by atoms with Crippen LogP contribution in [0.2, 0.25) is 0 Å². The van der Waals surface area contributed by atoms with Crippen molar-refractivity contribution in [2.24, 2.45) is 14.1 Å². The lowest BCUT2D eigenvalue weighted by atomic mass is 10.2. The first-order chi connectivity index (χ1) is 15.9. The maximum absolute atomic E-state index is 12.8. The van der Waals surface area contributed by atoms with E-state index in [9.17, 15) is 14.4 Å². The third-order valence-corrected chi connectivity index (χ3v) is 6.03. The normalized spacial score (nSPS) is 11.1. The van der Waals surface area contributed by atoms with Crippen molar-refractivity contribution in [3.05, 3.63) is 87.2 Å². The Labute approximate surface area is 190 Å². The third kappa shape index (κ3) is 3.76. The summed E-state index contributed by atoms with van der Waals surface area (Å²) >= 11 is 1.30. The number of benzene rings is 2. The monoisotopic (exact) mass is 459 g/mol. The van der Waals surface area contributed by atoms with E-state index in [4.69, 9.17) is 4.74 Å². The van der Waals surface area contributed by atoms with Crippen LogP contribution in [0.5, 0.6) is 11.5 Å². The van der Waals surface area contributed by atoms with E-state index in [-0.39, 0.29) is 16.7 Å². The molecule has 2 aromatic carbocycles. The number of carbonyl (C=O) groups is 1. The minimum Gasteiger partial charge on any atom is -0.457 e. The molecule has 0 unspecified atom stereocenters. The molecular weight excluding hydrogens is 442 g/mol. The highest BCUT2D eigenvalue weighted by Gasteiger charge is 2.16. The average molecular weight is 459 g/mol. The Morgan fingerprint density at radius 3 is 2.52 bits per heavy atom. The summed E-state index contributed by atoms with van der Waals surface area (Å²) in [5.74, 6) is 0.889. The van der Waals surface area contributed by atoms with E-state index < -0.39 is 17.2 Å². The van der Waals surface area contributed by atoms with Crippen LogP contribution < -0.4 is 21.3 Å². The number of ether oxygens (including phenoxy) is 1. The Hall–Kier alpha value is -4.31. The fourth-order valence-corrected chi connectivity index (χ4v) is 4.28. The van der Waals surface area contributed by atoms with Gasteiger partial charge in [0, 0.05) is 20.2 Å². The lowest BCUT2D eigenvalue weighted by molar-refractivity contribution is 0.102. The van der Waals surface area contributed by atoms with Crippen molar-refractivity contribution in [3.8, 4) is 11.5 Å². The number of nitrogens with zero attached hydrogens (tertiary/aromatic N) is 4. The maximum Gasteiger partial charge on any atom is 0.332 e.